The summed E-state index contributed by atoms with van der Waals surface area (Å²) in [6.45, 7) is 2.15. The Kier molecular flexibility index (Phi) is 4.94. The van der Waals surface area contributed by atoms with E-state index < -0.39 is 0 Å². The Labute approximate surface area is 119 Å². The van der Waals surface area contributed by atoms with Crippen molar-refractivity contribution in [3.8, 4) is 5.75 Å². The molecule has 0 N–H and O–H groups in total. The van der Waals surface area contributed by atoms with E-state index in [0.29, 0.717) is 0 Å². The molecule has 2 aromatic rings. The van der Waals surface area contributed by atoms with Crippen LogP contribution in [-0.4, -0.2) is 7.11 Å². The van der Waals surface area contributed by atoms with E-state index in [1.165, 1.54) is 12.1 Å². The summed E-state index contributed by atoms with van der Waals surface area (Å²) < 4.78 is 18.2. The van der Waals surface area contributed by atoms with Gasteiger partial charge in [0.15, 0.2) is 0 Å². The Hall–Kier alpha value is -2.09. The minimum absolute atomic E-state index is 0.210. The van der Waals surface area contributed by atoms with Crippen molar-refractivity contribution in [3.05, 3.63) is 71.6 Å². The molecule has 0 atom stereocenters. The largest absolute Gasteiger partial charge is 0.497 e. The van der Waals surface area contributed by atoms with Crippen molar-refractivity contribution < 1.29 is 9.13 Å². The van der Waals surface area contributed by atoms with Crippen LogP contribution in [0.5, 0.6) is 5.75 Å². The summed E-state index contributed by atoms with van der Waals surface area (Å²) >= 11 is 0. The van der Waals surface area contributed by atoms with Crippen molar-refractivity contribution in [1.29, 1.82) is 0 Å². The van der Waals surface area contributed by atoms with Gasteiger partial charge in [-0.25, -0.2) is 4.39 Å². The lowest BCUT2D eigenvalue weighted by molar-refractivity contribution is 0.415. The van der Waals surface area contributed by atoms with Crippen LogP contribution in [0.2, 0.25) is 0 Å². The van der Waals surface area contributed by atoms with E-state index in [9.17, 15) is 4.39 Å². The predicted molar refractivity (Wildman–Crippen MR) is 81.4 cm³/mol. The number of unbranched alkanes of at least 4 members (excludes halogenated alkanes) is 1. The molecule has 2 heteroatoms. The smallest absolute Gasteiger partial charge is 0.123 e. The molecule has 0 spiro atoms. The second-order valence-corrected chi connectivity index (χ2v) is 4.64. The zero-order chi connectivity index (χ0) is 14.4. The number of benzene rings is 2. The van der Waals surface area contributed by atoms with Crippen LogP contribution < -0.4 is 4.74 Å². The second-order valence-electron chi connectivity index (χ2n) is 4.64. The molecule has 0 radical (unpaired) electrons. The van der Waals surface area contributed by atoms with Crippen LogP contribution in [0.3, 0.4) is 0 Å². The van der Waals surface area contributed by atoms with Gasteiger partial charge in [-0.15, -0.1) is 0 Å². The highest BCUT2D eigenvalue weighted by Gasteiger charge is 2.05. The lowest BCUT2D eigenvalue weighted by Crippen LogP contribution is -1.90. The number of hydrogen-bond acceptors (Lipinski definition) is 1. The highest BCUT2D eigenvalue weighted by atomic mass is 19.1. The first-order valence-corrected chi connectivity index (χ1v) is 6.85. The first-order valence-electron chi connectivity index (χ1n) is 6.85. The van der Waals surface area contributed by atoms with Crippen LogP contribution in [0.15, 0.2) is 54.6 Å². The van der Waals surface area contributed by atoms with E-state index in [1.807, 2.05) is 36.4 Å². The first-order chi connectivity index (χ1) is 9.74. The average molecular weight is 270 g/mol. The molecule has 104 valence electrons. The van der Waals surface area contributed by atoms with Gasteiger partial charge in [-0.05, 0) is 47.4 Å². The van der Waals surface area contributed by atoms with E-state index in [4.69, 9.17) is 4.74 Å². The van der Waals surface area contributed by atoms with E-state index >= 15 is 0 Å². The maximum Gasteiger partial charge on any atom is 0.123 e. The predicted octanol–water partition coefficient (Wildman–Crippen LogP) is 5.07. The van der Waals surface area contributed by atoms with Gasteiger partial charge in [0.25, 0.3) is 0 Å². The lowest BCUT2D eigenvalue weighted by Gasteiger charge is -2.10. The molecule has 0 unspecified atom stereocenters. The van der Waals surface area contributed by atoms with E-state index in [2.05, 4.69) is 13.0 Å². The van der Waals surface area contributed by atoms with Crippen LogP contribution in [0.4, 0.5) is 4.39 Å². The molecule has 0 aliphatic rings. The molecule has 0 bridgehead atoms. The van der Waals surface area contributed by atoms with Gasteiger partial charge >= 0.3 is 0 Å². The Morgan fingerprint density at radius 3 is 2.05 bits per heavy atom. The first kappa shape index (κ1) is 14.3. The van der Waals surface area contributed by atoms with Crippen molar-refractivity contribution in [3.63, 3.8) is 0 Å². The summed E-state index contributed by atoms with van der Waals surface area (Å²) in [5.74, 6) is 0.626. The molecule has 0 amide bonds. The lowest BCUT2D eigenvalue weighted by atomic mass is 9.96. The number of halogens is 1. The Morgan fingerprint density at radius 1 is 1.00 bits per heavy atom. The number of rotatable bonds is 5. The topological polar surface area (TPSA) is 9.23 Å². The summed E-state index contributed by atoms with van der Waals surface area (Å²) in [6.07, 6.45) is 4.29. The van der Waals surface area contributed by atoms with E-state index in [-0.39, 0.29) is 5.82 Å². The molecule has 0 aliphatic carbocycles. The van der Waals surface area contributed by atoms with Gasteiger partial charge in [0.05, 0.1) is 7.11 Å². The molecule has 2 aromatic carbocycles. The number of hydrogen-bond donors (Lipinski definition) is 0. The fourth-order valence-corrected chi connectivity index (χ4v) is 2.09. The molecular formula is C18H19FO. The fraction of sp³-hybridized carbons (Fsp3) is 0.222. The molecule has 0 saturated heterocycles. The fourth-order valence-electron chi connectivity index (χ4n) is 2.09. The number of allylic oxidation sites excluding steroid dienone is 1. The van der Waals surface area contributed by atoms with Crippen LogP contribution in [0, 0.1) is 5.82 Å². The third kappa shape index (κ3) is 3.47. The van der Waals surface area contributed by atoms with Gasteiger partial charge in [-0.2, -0.15) is 0 Å². The molecule has 0 aliphatic heterocycles. The maximum absolute atomic E-state index is 13.1. The molecule has 1 nitrogen and oxygen atoms in total. The molecular weight excluding hydrogens is 251 g/mol. The van der Waals surface area contributed by atoms with Crippen molar-refractivity contribution in [2.24, 2.45) is 0 Å². The summed E-state index contributed by atoms with van der Waals surface area (Å²) in [7, 11) is 1.66. The molecule has 20 heavy (non-hydrogen) atoms. The number of ether oxygens (including phenoxy) is 1. The summed E-state index contributed by atoms with van der Waals surface area (Å²) in [4.78, 5) is 0. The SMILES string of the molecule is CCCC=C(c1ccc(F)cc1)c1ccc(OC)cc1. The Bertz CT molecular complexity index is 567. The van der Waals surface area contributed by atoms with Gasteiger partial charge in [-0.3, -0.25) is 0 Å². The molecule has 0 saturated carbocycles. The number of methoxy groups -OCH3 is 1. The van der Waals surface area contributed by atoms with Crippen LogP contribution in [0.25, 0.3) is 5.57 Å². The van der Waals surface area contributed by atoms with Crippen LogP contribution in [-0.2, 0) is 0 Å². The molecule has 0 aromatic heterocycles. The maximum atomic E-state index is 13.1. The molecule has 2 rings (SSSR count). The standard InChI is InChI=1S/C18H19FO/c1-3-4-5-18(14-6-10-16(19)11-7-14)15-8-12-17(20-2)13-9-15/h5-13H,3-4H2,1-2H3. The van der Waals surface area contributed by atoms with Crippen molar-refractivity contribution in [2.75, 3.05) is 7.11 Å². The Morgan fingerprint density at radius 2 is 1.55 bits per heavy atom. The van der Waals surface area contributed by atoms with Gasteiger partial charge in [0.2, 0.25) is 0 Å². The normalized spacial score (nSPS) is 11.4. The summed E-state index contributed by atoms with van der Waals surface area (Å²) in [5.41, 5.74) is 3.28. The highest BCUT2D eigenvalue weighted by molar-refractivity contribution is 5.79. The molecule has 0 heterocycles. The highest BCUT2D eigenvalue weighted by Crippen LogP contribution is 2.26. The van der Waals surface area contributed by atoms with Gasteiger partial charge in [-0.1, -0.05) is 43.7 Å². The van der Waals surface area contributed by atoms with E-state index in [0.717, 1.165) is 35.3 Å². The van der Waals surface area contributed by atoms with Gasteiger partial charge in [0.1, 0.15) is 11.6 Å². The zero-order valence-corrected chi connectivity index (χ0v) is 11.9. The van der Waals surface area contributed by atoms with E-state index in [1.54, 1.807) is 7.11 Å². The summed E-state index contributed by atoms with van der Waals surface area (Å²) in [5, 5.41) is 0. The van der Waals surface area contributed by atoms with Crippen LogP contribution >= 0.6 is 0 Å². The quantitative estimate of drug-likeness (QED) is 0.737. The third-order valence-electron chi connectivity index (χ3n) is 3.19. The van der Waals surface area contributed by atoms with Gasteiger partial charge < -0.3 is 4.74 Å². The van der Waals surface area contributed by atoms with Gasteiger partial charge in [0, 0.05) is 0 Å². The zero-order valence-electron chi connectivity index (χ0n) is 11.9. The van der Waals surface area contributed by atoms with Crippen molar-refractivity contribution >= 4 is 5.57 Å². The monoisotopic (exact) mass is 270 g/mol. The second kappa shape index (κ2) is 6.90. The minimum atomic E-state index is -0.210. The van der Waals surface area contributed by atoms with Crippen molar-refractivity contribution in [1.82, 2.24) is 0 Å². The Balaban J connectivity index is 2.38. The average Bonchev–Trinajstić information content (AvgIpc) is 2.50. The minimum Gasteiger partial charge on any atom is -0.497 e. The van der Waals surface area contributed by atoms with Crippen LogP contribution in [0.1, 0.15) is 30.9 Å². The molecule has 0 fully saturated rings. The van der Waals surface area contributed by atoms with Crippen molar-refractivity contribution in [2.45, 2.75) is 19.8 Å². The third-order valence-corrected chi connectivity index (χ3v) is 3.19. The summed E-state index contributed by atoms with van der Waals surface area (Å²) in [6, 6.07) is 14.6.